The molecule has 1 atom stereocenters. The number of β-amino-alcohol motifs (C(OH)–C–C–N with tert-alkyl or cyclic N) is 1. The fourth-order valence-electron chi connectivity index (χ4n) is 3.23. The van der Waals surface area contributed by atoms with E-state index in [0.29, 0.717) is 12.3 Å². The zero-order valence-electron chi connectivity index (χ0n) is 11.2. The zero-order chi connectivity index (χ0) is 13.3. The van der Waals surface area contributed by atoms with Crippen molar-refractivity contribution >= 4 is 0 Å². The summed E-state index contributed by atoms with van der Waals surface area (Å²) in [6.45, 7) is 4.15. The quantitative estimate of drug-likeness (QED) is 0.740. The normalized spacial score (nSPS) is 28.1. The van der Waals surface area contributed by atoms with Gasteiger partial charge in [-0.2, -0.15) is 0 Å². The molecule has 3 rings (SSSR count). The molecule has 4 heteroatoms. The number of hydrogen-bond donors (Lipinski definition) is 3. The summed E-state index contributed by atoms with van der Waals surface area (Å²) in [6, 6.07) is 5.66. The highest BCUT2D eigenvalue weighted by Gasteiger charge is 2.33. The van der Waals surface area contributed by atoms with E-state index in [9.17, 15) is 10.2 Å². The van der Waals surface area contributed by atoms with E-state index in [4.69, 9.17) is 0 Å². The maximum Gasteiger partial charge on any atom is 0.115 e. The highest BCUT2D eigenvalue weighted by molar-refractivity contribution is 5.35. The first-order valence-electron chi connectivity index (χ1n) is 7.11. The molecule has 0 aromatic heterocycles. The van der Waals surface area contributed by atoms with Crippen molar-refractivity contribution < 1.29 is 10.2 Å². The molecule has 2 aliphatic heterocycles. The van der Waals surface area contributed by atoms with E-state index in [2.05, 4.69) is 10.2 Å². The zero-order valence-corrected chi connectivity index (χ0v) is 11.2. The minimum Gasteiger partial charge on any atom is -0.508 e. The molecular formula is C15H22N2O2. The first-order valence-corrected chi connectivity index (χ1v) is 7.11. The highest BCUT2D eigenvalue weighted by atomic mass is 16.3. The van der Waals surface area contributed by atoms with Gasteiger partial charge in [-0.25, -0.2) is 0 Å². The van der Waals surface area contributed by atoms with Gasteiger partial charge >= 0.3 is 0 Å². The monoisotopic (exact) mass is 262 g/mol. The van der Waals surface area contributed by atoms with Crippen molar-refractivity contribution in [3.8, 4) is 5.75 Å². The summed E-state index contributed by atoms with van der Waals surface area (Å²) in [5.74, 6) is 0.335. The van der Waals surface area contributed by atoms with Gasteiger partial charge in [0.15, 0.2) is 0 Å². The summed E-state index contributed by atoms with van der Waals surface area (Å²) in [5.41, 5.74) is 1.95. The van der Waals surface area contributed by atoms with E-state index in [1.807, 2.05) is 12.1 Å². The van der Waals surface area contributed by atoms with Crippen LogP contribution < -0.4 is 5.32 Å². The molecule has 0 amide bonds. The molecule has 1 aromatic carbocycles. The first kappa shape index (κ1) is 12.9. The SMILES string of the molecule is Oc1ccc2c(c1)CN(CC1(O)CCNC1)CCC2. The Morgan fingerprint density at radius 2 is 2.21 bits per heavy atom. The number of phenols is 1. The number of fused-ring (bicyclic) bond motifs is 1. The second-order valence-electron chi connectivity index (χ2n) is 5.92. The number of hydrogen-bond acceptors (Lipinski definition) is 4. The average molecular weight is 262 g/mol. The van der Waals surface area contributed by atoms with Crippen molar-refractivity contribution in [2.45, 2.75) is 31.4 Å². The van der Waals surface area contributed by atoms with Gasteiger partial charge in [0.1, 0.15) is 5.75 Å². The Balaban J connectivity index is 1.74. The molecule has 0 spiro atoms. The summed E-state index contributed by atoms with van der Waals surface area (Å²) < 4.78 is 0. The number of rotatable bonds is 2. The third kappa shape index (κ3) is 2.91. The number of aliphatic hydroxyl groups is 1. The van der Waals surface area contributed by atoms with Crippen LogP contribution in [0.3, 0.4) is 0 Å². The van der Waals surface area contributed by atoms with Gasteiger partial charge in [-0.05, 0) is 55.6 Å². The topological polar surface area (TPSA) is 55.7 Å². The minimum atomic E-state index is -0.582. The van der Waals surface area contributed by atoms with Crippen molar-refractivity contribution in [2.24, 2.45) is 0 Å². The van der Waals surface area contributed by atoms with Crippen LogP contribution in [0.15, 0.2) is 18.2 Å². The van der Waals surface area contributed by atoms with Crippen LogP contribution in [0.25, 0.3) is 0 Å². The van der Waals surface area contributed by atoms with E-state index in [0.717, 1.165) is 45.4 Å². The highest BCUT2D eigenvalue weighted by Crippen LogP contribution is 2.25. The number of nitrogens with zero attached hydrogens (tertiary/aromatic N) is 1. The van der Waals surface area contributed by atoms with Gasteiger partial charge in [-0.15, -0.1) is 0 Å². The number of aromatic hydroxyl groups is 1. The van der Waals surface area contributed by atoms with E-state index in [-0.39, 0.29) is 0 Å². The second kappa shape index (κ2) is 5.12. The fraction of sp³-hybridized carbons (Fsp3) is 0.600. The molecule has 1 saturated heterocycles. The molecule has 0 radical (unpaired) electrons. The Morgan fingerprint density at radius 3 is 3.00 bits per heavy atom. The molecule has 19 heavy (non-hydrogen) atoms. The standard InChI is InChI=1S/C15H22N2O2/c18-14-4-3-12-2-1-7-17(9-13(12)8-14)11-15(19)5-6-16-10-15/h3-4,8,16,18-19H,1-2,5-7,9-11H2. The van der Waals surface area contributed by atoms with Crippen molar-refractivity contribution in [3.63, 3.8) is 0 Å². The Kier molecular flexibility index (Phi) is 3.48. The summed E-state index contributed by atoms with van der Waals surface area (Å²) in [5, 5.41) is 23.3. The molecule has 0 aliphatic carbocycles. The van der Waals surface area contributed by atoms with Crippen LogP contribution in [0, 0.1) is 0 Å². The third-order valence-electron chi connectivity index (χ3n) is 4.24. The molecule has 1 fully saturated rings. The van der Waals surface area contributed by atoms with Crippen molar-refractivity contribution in [2.75, 3.05) is 26.2 Å². The maximum atomic E-state index is 10.5. The number of nitrogens with one attached hydrogen (secondary N) is 1. The Morgan fingerprint density at radius 1 is 1.32 bits per heavy atom. The van der Waals surface area contributed by atoms with E-state index in [1.165, 1.54) is 11.1 Å². The van der Waals surface area contributed by atoms with Crippen LogP contribution in [0.5, 0.6) is 5.75 Å². The Hall–Kier alpha value is -1.10. The molecule has 2 aliphatic rings. The molecule has 1 aromatic rings. The molecule has 104 valence electrons. The lowest BCUT2D eigenvalue weighted by molar-refractivity contribution is 0.0188. The van der Waals surface area contributed by atoms with Crippen LogP contribution in [-0.2, 0) is 13.0 Å². The van der Waals surface area contributed by atoms with Crippen molar-refractivity contribution in [3.05, 3.63) is 29.3 Å². The Bertz CT molecular complexity index is 455. The van der Waals surface area contributed by atoms with Gasteiger partial charge in [0, 0.05) is 19.6 Å². The lowest BCUT2D eigenvalue weighted by Gasteiger charge is -2.30. The van der Waals surface area contributed by atoms with Gasteiger partial charge in [0.2, 0.25) is 0 Å². The number of benzene rings is 1. The fourth-order valence-corrected chi connectivity index (χ4v) is 3.23. The van der Waals surface area contributed by atoms with Crippen LogP contribution in [0.1, 0.15) is 24.0 Å². The predicted molar refractivity (Wildman–Crippen MR) is 74.1 cm³/mol. The van der Waals surface area contributed by atoms with Crippen molar-refractivity contribution in [1.29, 1.82) is 0 Å². The number of aryl methyl sites for hydroxylation is 1. The van der Waals surface area contributed by atoms with Crippen LogP contribution >= 0.6 is 0 Å². The summed E-state index contributed by atoms with van der Waals surface area (Å²) >= 11 is 0. The maximum absolute atomic E-state index is 10.5. The minimum absolute atomic E-state index is 0.335. The average Bonchev–Trinajstić information content (AvgIpc) is 2.69. The van der Waals surface area contributed by atoms with Gasteiger partial charge in [0.05, 0.1) is 5.60 Å². The van der Waals surface area contributed by atoms with Gasteiger partial charge < -0.3 is 15.5 Å². The molecule has 0 saturated carbocycles. The Labute approximate surface area is 114 Å². The summed E-state index contributed by atoms with van der Waals surface area (Å²) in [7, 11) is 0. The number of phenolic OH excluding ortho intramolecular Hbond substituents is 1. The van der Waals surface area contributed by atoms with Crippen molar-refractivity contribution in [1.82, 2.24) is 10.2 Å². The third-order valence-corrected chi connectivity index (χ3v) is 4.24. The largest absolute Gasteiger partial charge is 0.508 e. The van der Waals surface area contributed by atoms with Gasteiger partial charge in [-0.1, -0.05) is 6.07 Å². The van der Waals surface area contributed by atoms with Crippen LogP contribution in [-0.4, -0.2) is 46.9 Å². The lowest BCUT2D eigenvalue weighted by Crippen LogP contribution is -2.44. The van der Waals surface area contributed by atoms with Crippen LogP contribution in [0.2, 0.25) is 0 Å². The van der Waals surface area contributed by atoms with E-state index >= 15 is 0 Å². The smallest absolute Gasteiger partial charge is 0.115 e. The van der Waals surface area contributed by atoms with E-state index in [1.54, 1.807) is 6.07 Å². The first-order chi connectivity index (χ1) is 9.15. The second-order valence-corrected chi connectivity index (χ2v) is 5.92. The van der Waals surface area contributed by atoms with E-state index < -0.39 is 5.60 Å². The van der Waals surface area contributed by atoms with Crippen LogP contribution in [0.4, 0.5) is 0 Å². The molecular weight excluding hydrogens is 240 g/mol. The predicted octanol–water partition coefficient (Wildman–Crippen LogP) is 0.865. The summed E-state index contributed by atoms with van der Waals surface area (Å²) in [4.78, 5) is 2.32. The molecule has 4 nitrogen and oxygen atoms in total. The van der Waals surface area contributed by atoms with Gasteiger partial charge in [-0.3, -0.25) is 4.90 Å². The molecule has 3 N–H and O–H groups in total. The summed E-state index contributed by atoms with van der Waals surface area (Å²) in [6.07, 6.45) is 3.00. The molecule has 1 unspecified atom stereocenters. The molecule has 0 bridgehead atoms. The molecule has 2 heterocycles. The lowest BCUT2D eigenvalue weighted by atomic mass is 10.0. The van der Waals surface area contributed by atoms with Gasteiger partial charge in [0.25, 0.3) is 0 Å².